The molecule has 1 aromatic heterocycles. The number of aromatic nitrogens is 1. The van der Waals surface area contributed by atoms with Gasteiger partial charge in [0.1, 0.15) is 0 Å². The molecular formula is C20H22N2O2. The average molecular weight is 322 g/mol. The molecule has 4 heteroatoms. The average Bonchev–Trinajstić information content (AvgIpc) is 2.96. The zero-order chi connectivity index (χ0) is 17.3. The molecule has 0 bridgehead atoms. The summed E-state index contributed by atoms with van der Waals surface area (Å²) in [5.74, 6) is -0.259. The van der Waals surface area contributed by atoms with E-state index in [4.69, 9.17) is 0 Å². The number of fused-ring (bicyclic) bond motifs is 1. The van der Waals surface area contributed by atoms with Crippen molar-refractivity contribution in [1.29, 1.82) is 0 Å². The van der Waals surface area contributed by atoms with Gasteiger partial charge in [-0.1, -0.05) is 63.2 Å². The van der Waals surface area contributed by atoms with Gasteiger partial charge in [0.05, 0.1) is 5.92 Å². The van der Waals surface area contributed by atoms with Crippen molar-refractivity contribution in [2.75, 3.05) is 6.54 Å². The minimum atomic E-state index is -0.259. The predicted octanol–water partition coefficient (Wildman–Crippen LogP) is 4.87. The van der Waals surface area contributed by atoms with Crippen molar-refractivity contribution in [3.63, 3.8) is 0 Å². The molecule has 0 unspecified atom stereocenters. The number of aromatic amines is 1. The fourth-order valence-corrected chi connectivity index (χ4v) is 3.13. The third kappa shape index (κ3) is 3.18. The number of hydrogen-bond donors (Lipinski definition) is 1. The van der Waals surface area contributed by atoms with Crippen LogP contribution < -0.4 is 0 Å². The Hall–Kier alpha value is -2.62. The molecule has 1 N–H and O–H groups in total. The Morgan fingerprint density at radius 1 is 1.08 bits per heavy atom. The van der Waals surface area contributed by atoms with Crippen LogP contribution in [-0.2, 0) is 5.41 Å². The zero-order valence-electron chi connectivity index (χ0n) is 14.2. The van der Waals surface area contributed by atoms with E-state index < -0.39 is 0 Å². The van der Waals surface area contributed by atoms with Crippen molar-refractivity contribution in [3.05, 3.63) is 81.5 Å². The first-order valence-electron chi connectivity index (χ1n) is 8.14. The van der Waals surface area contributed by atoms with Gasteiger partial charge in [-0.15, -0.1) is 0 Å². The number of rotatable bonds is 4. The first-order valence-corrected chi connectivity index (χ1v) is 8.14. The van der Waals surface area contributed by atoms with Crippen molar-refractivity contribution in [2.45, 2.75) is 32.1 Å². The van der Waals surface area contributed by atoms with E-state index in [0.717, 1.165) is 22.0 Å². The predicted molar refractivity (Wildman–Crippen MR) is 97.1 cm³/mol. The van der Waals surface area contributed by atoms with Gasteiger partial charge in [0.15, 0.2) is 0 Å². The van der Waals surface area contributed by atoms with Gasteiger partial charge < -0.3 is 4.98 Å². The summed E-state index contributed by atoms with van der Waals surface area (Å²) in [5, 5.41) is 12.3. The van der Waals surface area contributed by atoms with E-state index in [1.165, 1.54) is 5.56 Å². The number of H-pyrrole nitrogens is 1. The van der Waals surface area contributed by atoms with E-state index in [1.807, 2.05) is 42.6 Å². The fourth-order valence-electron chi connectivity index (χ4n) is 3.13. The summed E-state index contributed by atoms with van der Waals surface area (Å²) < 4.78 is 0. The molecule has 24 heavy (non-hydrogen) atoms. The standard InChI is InChI=1S/C20H22N2O2/c1-20(2,3)15-10-8-14(9-11-15)18(13-22(23)24)17-12-21-19-7-5-4-6-16(17)19/h4-12,18,21H,13H2,1-3H3/t18-/m1/s1. The lowest BCUT2D eigenvalue weighted by atomic mass is 9.84. The number of nitrogens with zero attached hydrogens (tertiary/aromatic N) is 1. The molecule has 0 saturated carbocycles. The Labute approximate surface area is 141 Å². The van der Waals surface area contributed by atoms with E-state index in [2.05, 4.69) is 37.9 Å². The Morgan fingerprint density at radius 3 is 2.38 bits per heavy atom. The third-order valence-electron chi connectivity index (χ3n) is 4.51. The highest BCUT2D eigenvalue weighted by atomic mass is 16.6. The molecule has 0 fully saturated rings. The minimum absolute atomic E-state index is 0.0674. The van der Waals surface area contributed by atoms with Crippen molar-refractivity contribution in [1.82, 2.24) is 4.98 Å². The molecule has 0 saturated heterocycles. The summed E-state index contributed by atoms with van der Waals surface area (Å²) in [6.45, 7) is 6.37. The molecule has 3 aromatic rings. The molecule has 4 nitrogen and oxygen atoms in total. The van der Waals surface area contributed by atoms with Crippen LogP contribution in [0.25, 0.3) is 10.9 Å². The largest absolute Gasteiger partial charge is 0.361 e. The number of hydrogen-bond acceptors (Lipinski definition) is 2. The molecule has 1 atom stereocenters. The Bertz CT molecular complexity index is 857. The Morgan fingerprint density at radius 2 is 1.75 bits per heavy atom. The number of para-hydroxylation sites is 1. The van der Waals surface area contributed by atoms with Crippen LogP contribution in [0, 0.1) is 10.1 Å². The molecule has 0 aliphatic heterocycles. The number of nitro groups is 1. The third-order valence-corrected chi connectivity index (χ3v) is 4.51. The number of nitrogens with one attached hydrogen (secondary N) is 1. The molecule has 0 radical (unpaired) electrons. The Balaban J connectivity index is 2.05. The van der Waals surface area contributed by atoms with Gasteiger partial charge >= 0.3 is 0 Å². The van der Waals surface area contributed by atoms with Crippen LogP contribution in [-0.4, -0.2) is 16.5 Å². The van der Waals surface area contributed by atoms with Crippen LogP contribution in [0.2, 0.25) is 0 Å². The molecule has 0 aliphatic carbocycles. The highest BCUT2D eigenvalue weighted by Gasteiger charge is 2.24. The fraction of sp³-hybridized carbons (Fsp3) is 0.300. The summed E-state index contributed by atoms with van der Waals surface area (Å²) in [7, 11) is 0. The minimum Gasteiger partial charge on any atom is -0.361 e. The topological polar surface area (TPSA) is 58.9 Å². The van der Waals surface area contributed by atoms with Gasteiger partial charge in [-0.25, -0.2) is 0 Å². The van der Waals surface area contributed by atoms with Crippen molar-refractivity contribution < 1.29 is 4.92 Å². The van der Waals surface area contributed by atoms with Crippen molar-refractivity contribution in [3.8, 4) is 0 Å². The van der Waals surface area contributed by atoms with E-state index in [0.29, 0.717) is 0 Å². The van der Waals surface area contributed by atoms with Crippen LogP contribution in [0.1, 0.15) is 43.4 Å². The zero-order valence-corrected chi connectivity index (χ0v) is 14.2. The van der Waals surface area contributed by atoms with Gasteiger partial charge in [0.2, 0.25) is 6.54 Å². The van der Waals surface area contributed by atoms with Crippen LogP contribution in [0.5, 0.6) is 0 Å². The van der Waals surface area contributed by atoms with E-state index >= 15 is 0 Å². The SMILES string of the molecule is CC(C)(C)c1ccc([C@@H](C[N+](=O)[O-])c2c[nH]c3ccccc23)cc1. The maximum absolute atomic E-state index is 11.2. The summed E-state index contributed by atoms with van der Waals surface area (Å²) in [6, 6.07) is 16.1. The van der Waals surface area contributed by atoms with E-state index in [1.54, 1.807) is 0 Å². The van der Waals surface area contributed by atoms with Crippen molar-refractivity contribution >= 4 is 10.9 Å². The number of benzene rings is 2. The lowest BCUT2D eigenvalue weighted by Gasteiger charge is -2.20. The van der Waals surface area contributed by atoms with Crippen LogP contribution in [0.15, 0.2) is 54.7 Å². The quantitative estimate of drug-likeness (QED) is 0.550. The first kappa shape index (κ1) is 16.2. The van der Waals surface area contributed by atoms with Gasteiger partial charge in [-0.2, -0.15) is 0 Å². The Kier molecular flexibility index (Phi) is 4.14. The molecular weight excluding hydrogens is 300 g/mol. The van der Waals surface area contributed by atoms with Crippen molar-refractivity contribution in [2.24, 2.45) is 0 Å². The van der Waals surface area contributed by atoms with E-state index in [9.17, 15) is 10.1 Å². The first-order chi connectivity index (χ1) is 11.4. The summed E-state index contributed by atoms with van der Waals surface area (Å²) >= 11 is 0. The normalized spacial score (nSPS) is 13.1. The second-order valence-electron chi connectivity index (χ2n) is 7.23. The molecule has 0 amide bonds. The van der Waals surface area contributed by atoms with Gasteiger partial charge in [-0.05, 0) is 28.2 Å². The van der Waals surface area contributed by atoms with E-state index in [-0.39, 0.29) is 22.8 Å². The molecule has 1 heterocycles. The maximum Gasteiger partial charge on any atom is 0.214 e. The van der Waals surface area contributed by atoms with Crippen LogP contribution in [0.3, 0.4) is 0 Å². The molecule has 124 valence electrons. The highest BCUT2D eigenvalue weighted by Crippen LogP contribution is 2.32. The summed E-state index contributed by atoms with van der Waals surface area (Å²) in [4.78, 5) is 14.2. The van der Waals surface area contributed by atoms with Gasteiger partial charge in [0, 0.05) is 22.0 Å². The van der Waals surface area contributed by atoms with Crippen LogP contribution >= 0.6 is 0 Å². The van der Waals surface area contributed by atoms with Crippen LogP contribution in [0.4, 0.5) is 0 Å². The second kappa shape index (κ2) is 6.11. The molecule has 2 aromatic carbocycles. The second-order valence-corrected chi connectivity index (χ2v) is 7.23. The lowest BCUT2D eigenvalue weighted by Crippen LogP contribution is -2.15. The maximum atomic E-state index is 11.2. The summed E-state index contributed by atoms with van der Waals surface area (Å²) in [6.07, 6.45) is 1.90. The molecule has 3 rings (SSSR count). The lowest BCUT2D eigenvalue weighted by molar-refractivity contribution is -0.481. The highest BCUT2D eigenvalue weighted by molar-refractivity contribution is 5.84. The van der Waals surface area contributed by atoms with Gasteiger partial charge in [-0.3, -0.25) is 10.1 Å². The monoisotopic (exact) mass is 322 g/mol. The molecule has 0 spiro atoms. The smallest absolute Gasteiger partial charge is 0.214 e. The van der Waals surface area contributed by atoms with Gasteiger partial charge in [0.25, 0.3) is 0 Å². The molecule has 0 aliphatic rings. The summed E-state index contributed by atoms with van der Waals surface area (Å²) in [5.41, 5.74) is 4.25.